The van der Waals surface area contributed by atoms with Crippen LogP contribution in [0.3, 0.4) is 0 Å². The van der Waals surface area contributed by atoms with Crippen molar-refractivity contribution < 1.29 is 0 Å². The Balaban J connectivity index is 2.00. The van der Waals surface area contributed by atoms with Gasteiger partial charge in [0.2, 0.25) is 0 Å². The third kappa shape index (κ3) is 1.97. The molecule has 0 atom stereocenters. The number of piperidine rings is 1. The summed E-state index contributed by atoms with van der Waals surface area (Å²) in [5.74, 6) is 0.849. The number of hydrogen-bond acceptors (Lipinski definition) is 3. The summed E-state index contributed by atoms with van der Waals surface area (Å²) in [5.41, 5.74) is 2.27. The molecule has 2 aromatic heterocycles. The summed E-state index contributed by atoms with van der Waals surface area (Å²) in [5, 5.41) is 1.13. The molecule has 2 aromatic rings. The van der Waals surface area contributed by atoms with Gasteiger partial charge >= 0.3 is 0 Å². The SMILES string of the molecule is CC1CCN(c2cncc3cccnc23)CC1. The summed E-state index contributed by atoms with van der Waals surface area (Å²) >= 11 is 0. The lowest BCUT2D eigenvalue weighted by atomic mass is 9.99. The predicted molar refractivity (Wildman–Crippen MR) is 70.1 cm³/mol. The van der Waals surface area contributed by atoms with Crippen molar-refractivity contribution in [1.29, 1.82) is 0 Å². The van der Waals surface area contributed by atoms with E-state index in [-0.39, 0.29) is 0 Å². The molecule has 0 bridgehead atoms. The van der Waals surface area contributed by atoms with E-state index in [2.05, 4.69) is 27.9 Å². The van der Waals surface area contributed by atoms with Crippen LogP contribution in [0, 0.1) is 5.92 Å². The first-order valence-corrected chi connectivity index (χ1v) is 6.28. The highest BCUT2D eigenvalue weighted by Crippen LogP contribution is 2.27. The molecule has 1 saturated heterocycles. The maximum atomic E-state index is 4.49. The maximum absolute atomic E-state index is 4.49. The highest BCUT2D eigenvalue weighted by Gasteiger charge is 2.18. The summed E-state index contributed by atoms with van der Waals surface area (Å²) in [7, 11) is 0. The van der Waals surface area contributed by atoms with E-state index in [4.69, 9.17) is 0 Å². The van der Waals surface area contributed by atoms with E-state index in [0.29, 0.717) is 0 Å². The van der Waals surface area contributed by atoms with Crippen LogP contribution in [-0.4, -0.2) is 23.1 Å². The van der Waals surface area contributed by atoms with Gasteiger partial charge in [-0.3, -0.25) is 9.97 Å². The Morgan fingerprint density at radius 3 is 2.88 bits per heavy atom. The van der Waals surface area contributed by atoms with Crippen LogP contribution >= 0.6 is 0 Å². The molecule has 1 aliphatic rings. The minimum atomic E-state index is 0.849. The molecule has 0 N–H and O–H groups in total. The zero-order chi connectivity index (χ0) is 11.7. The van der Waals surface area contributed by atoms with Gasteiger partial charge in [-0.25, -0.2) is 0 Å². The number of pyridine rings is 2. The molecule has 1 fully saturated rings. The Morgan fingerprint density at radius 1 is 1.24 bits per heavy atom. The fraction of sp³-hybridized carbons (Fsp3) is 0.429. The van der Waals surface area contributed by atoms with Crippen LogP contribution in [0.5, 0.6) is 0 Å². The minimum Gasteiger partial charge on any atom is -0.369 e. The molecule has 0 radical (unpaired) electrons. The van der Waals surface area contributed by atoms with Crippen LogP contribution < -0.4 is 4.90 Å². The van der Waals surface area contributed by atoms with Crippen molar-refractivity contribution >= 4 is 16.6 Å². The van der Waals surface area contributed by atoms with E-state index >= 15 is 0 Å². The highest BCUT2D eigenvalue weighted by atomic mass is 15.1. The van der Waals surface area contributed by atoms with Gasteiger partial charge in [-0.1, -0.05) is 6.92 Å². The normalized spacial score (nSPS) is 17.6. The van der Waals surface area contributed by atoms with E-state index in [1.54, 1.807) is 0 Å². The first-order valence-electron chi connectivity index (χ1n) is 6.28. The Kier molecular flexibility index (Phi) is 2.67. The van der Waals surface area contributed by atoms with Crippen LogP contribution in [0.15, 0.2) is 30.7 Å². The van der Waals surface area contributed by atoms with Crippen molar-refractivity contribution in [2.45, 2.75) is 19.8 Å². The summed E-state index contributed by atoms with van der Waals surface area (Å²) in [6.07, 6.45) is 8.23. The lowest BCUT2D eigenvalue weighted by molar-refractivity contribution is 0.439. The summed E-state index contributed by atoms with van der Waals surface area (Å²) < 4.78 is 0. The zero-order valence-corrected chi connectivity index (χ0v) is 10.1. The number of aromatic nitrogens is 2. The molecule has 17 heavy (non-hydrogen) atoms. The predicted octanol–water partition coefficient (Wildman–Crippen LogP) is 2.87. The monoisotopic (exact) mass is 227 g/mol. The van der Waals surface area contributed by atoms with E-state index in [1.807, 2.05) is 24.7 Å². The van der Waals surface area contributed by atoms with Gasteiger partial charge in [0.15, 0.2) is 0 Å². The average molecular weight is 227 g/mol. The number of fused-ring (bicyclic) bond motifs is 1. The lowest BCUT2D eigenvalue weighted by Gasteiger charge is -2.32. The van der Waals surface area contributed by atoms with E-state index in [9.17, 15) is 0 Å². The topological polar surface area (TPSA) is 29.0 Å². The molecule has 0 spiro atoms. The molecule has 3 heteroatoms. The third-order valence-corrected chi connectivity index (χ3v) is 3.62. The number of anilines is 1. The first kappa shape index (κ1) is 10.5. The Morgan fingerprint density at radius 2 is 2.06 bits per heavy atom. The van der Waals surface area contributed by atoms with Gasteiger partial charge in [-0.15, -0.1) is 0 Å². The molecule has 3 nitrogen and oxygen atoms in total. The fourth-order valence-electron chi connectivity index (χ4n) is 2.47. The zero-order valence-electron chi connectivity index (χ0n) is 10.1. The number of rotatable bonds is 1. The van der Waals surface area contributed by atoms with Crippen LogP contribution in [0.2, 0.25) is 0 Å². The lowest BCUT2D eigenvalue weighted by Crippen LogP contribution is -2.33. The molecule has 0 unspecified atom stereocenters. The smallest absolute Gasteiger partial charge is 0.0966 e. The van der Waals surface area contributed by atoms with Crippen LogP contribution in [0.25, 0.3) is 10.9 Å². The Labute approximate surface area is 101 Å². The van der Waals surface area contributed by atoms with Gasteiger partial charge in [0.1, 0.15) is 0 Å². The second-order valence-electron chi connectivity index (χ2n) is 4.90. The highest BCUT2D eigenvalue weighted by molar-refractivity contribution is 5.89. The number of hydrogen-bond donors (Lipinski definition) is 0. The van der Waals surface area contributed by atoms with Gasteiger partial charge in [-0.05, 0) is 30.9 Å². The molecular weight excluding hydrogens is 210 g/mol. The van der Waals surface area contributed by atoms with Gasteiger partial charge in [0.25, 0.3) is 0 Å². The van der Waals surface area contributed by atoms with E-state index in [1.165, 1.54) is 18.5 Å². The van der Waals surface area contributed by atoms with Crippen molar-refractivity contribution in [2.75, 3.05) is 18.0 Å². The van der Waals surface area contributed by atoms with Gasteiger partial charge in [0.05, 0.1) is 17.4 Å². The Bertz CT molecular complexity index is 510. The summed E-state index contributed by atoms with van der Waals surface area (Å²) in [6, 6.07) is 4.04. The van der Waals surface area contributed by atoms with Gasteiger partial charge in [-0.2, -0.15) is 0 Å². The molecule has 3 rings (SSSR count). The average Bonchev–Trinajstić information content (AvgIpc) is 2.39. The Hall–Kier alpha value is -1.64. The summed E-state index contributed by atoms with van der Waals surface area (Å²) in [6.45, 7) is 4.58. The van der Waals surface area contributed by atoms with Crippen molar-refractivity contribution in [1.82, 2.24) is 9.97 Å². The van der Waals surface area contributed by atoms with Crippen molar-refractivity contribution in [3.8, 4) is 0 Å². The van der Waals surface area contributed by atoms with Crippen LogP contribution in [0.4, 0.5) is 5.69 Å². The largest absolute Gasteiger partial charge is 0.369 e. The first-order chi connectivity index (χ1) is 8.34. The molecule has 0 amide bonds. The standard InChI is InChI=1S/C14H17N3/c1-11-4-7-17(8-5-11)13-10-15-9-12-3-2-6-16-14(12)13/h2-3,6,9-11H,4-5,7-8H2,1H3. The summed E-state index contributed by atoms with van der Waals surface area (Å²) in [4.78, 5) is 11.2. The van der Waals surface area contributed by atoms with Crippen LogP contribution in [0.1, 0.15) is 19.8 Å². The third-order valence-electron chi connectivity index (χ3n) is 3.62. The van der Waals surface area contributed by atoms with E-state index < -0.39 is 0 Å². The molecule has 1 aliphatic heterocycles. The quantitative estimate of drug-likeness (QED) is 0.750. The van der Waals surface area contributed by atoms with Gasteiger partial charge in [0, 0.05) is 30.9 Å². The minimum absolute atomic E-state index is 0.849. The van der Waals surface area contributed by atoms with Crippen molar-refractivity contribution in [3.63, 3.8) is 0 Å². The molecular formula is C14H17N3. The molecule has 0 aliphatic carbocycles. The van der Waals surface area contributed by atoms with Crippen molar-refractivity contribution in [2.24, 2.45) is 5.92 Å². The van der Waals surface area contributed by atoms with E-state index in [0.717, 1.165) is 29.9 Å². The maximum Gasteiger partial charge on any atom is 0.0966 e. The second kappa shape index (κ2) is 4.32. The van der Waals surface area contributed by atoms with Crippen LogP contribution in [-0.2, 0) is 0 Å². The van der Waals surface area contributed by atoms with Crippen molar-refractivity contribution in [3.05, 3.63) is 30.7 Å². The second-order valence-corrected chi connectivity index (χ2v) is 4.90. The molecule has 0 saturated carbocycles. The molecule has 0 aromatic carbocycles. The molecule has 88 valence electrons. The number of nitrogens with zero attached hydrogens (tertiary/aromatic N) is 3. The van der Waals surface area contributed by atoms with Gasteiger partial charge < -0.3 is 4.90 Å². The molecule has 3 heterocycles. The fourth-order valence-corrected chi connectivity index (χ4v) is 2.47.